The Morgan fingerprint density at radius 1 is 1.56 bits per heavy atom. The molecule has 0 bridgehead atoms. The lowest BCUT2D eigenvalue weighted by atomic mass is 10.0. The summed E-state index contributed by atoms with van der Waals surface area (Å²) in [5.74, 6) is 0.522. The molecule has 0 radical (unpaired) electrons. The lowest BCUT2D eigenvalue weighted by molar-refractivity contribution is 0.0933. The molecule has 3 nitrogen and oxygen atoms in total. The van der Waals surface area contributed by atoms with E-state index < -0.39 is 0 Å². The fourth-order valence-corrected chi connectivity index (χ4v) is 3.08. The van der Waals surface area contributed by atoms with Gasteiger partial charge in [-0.2, -0.15) is 0 Å². The van der Waals surface area contributed by atoms with Gasteiger partial charge in [-0.15, -0.1) is 11.3 Å². The van der Waals surface area contributed by atoms with Crippen molar-refractivity contribution in [2.45, 2.75) is 32.2 Å². The standard InChI is InChI=1S/C12H18N2OS/c1-8-5-6-11(16-8)12(15)14-10-4-2-3-9(10)7-13/h5-6,9-10H,2-4,7,13H2,1H3,(H,14,15). The van der Waals surface area contributed by atoms with E-state index in [1.807, 2.05) is 19.1 Å². The molecule has 1 aromatic heterocycles. The van der Waals surface area contributed by atoms with Crippen molar-refractivity contribution in [3.05, 3.63) is 21.9 Å². The molecule has 2 rings (SSSR count). The van der Waals surface area contributed by atoms with Gasteiger partial charge in [0.1, 0.15) is 0 Å². The van der Waals surface area contributed by atoms with Crippen molar-refractivity contribution in [1.29, 1.82) is 0 Å². The van der Waals surface area contributed by atoms with Crippen LogP contribution in [0, 0.1) is 12.8 Å². The zero-order valence-corrected chi connectivity index (χ0v) is 10.3. The average molecular weight is 238 g/mol. The number of carbonyl (C=O) groups excluding carboxylic acids is 1. The predicted octanol–water partition coefficient (Wildman–Crippen LogP) is 1.91. The molecular weight excluding hydrogens is 220 g/mol. The van der Waals surface area contributed by atoms with Gasteiger partial charge in [-0.1, -0.05) is 6.42 Å². The monoisotopic (exact) mass is 238 g/mol. The van der Waals surface area contributed by atoms with E-state index in [9.17, 15) is 4.79 Å². The molecule has 3 N–H and O–H groups in total. The first-order chi connectivity index (χ1) is 7.70. The Hall–Kier alpha value is -0.870. The van der Waals surface area contributed by atoms with Gasteiger partial charge in [-0.05, 0) is 44.4 Å². The van der Waals surface area contributed by atoms with Crippen molar-refractivity contribution < 1.29 is 4.79 Å². The molecule has 1 aliphatic rings. The number of hydrogen-bond donors (Lipinski definition) is 2. The van der Waals surface area contributed by atoms with E-state index in [2.05, 4.69) is 5.32 Å². The first kappa shape index (κ1) is 11.6. The zero-order chi connectivity index (χ0) is 11.5. The molecule has 2 unspecified atom stereocenters. The molecule has 1 amide bonds. The van der Waals surface area contributed by atoms with Gasteiger partial charge in [0, 0.05) is 10.9 Å². The first-order valence-corrected chi connectivity index (χ1v) is 6.59. The van der Waals surface area contributed by atoms with Crippen molar-refractivity contribution in [1.82, 2.24) is 5.32 Å². The van der Waals surface area contributed by atoms with Crippen LogP contribution < -0.4 is 11.1 Å². The van der Waals surface area contributed by atoms with E-state index in [-0.39, 0.29) is 11.9 Å². The first-order valence-electron chi connectivity index (χ1n) is 5.78. The summed E-state index contributed by atoms with van der Waals surface area (Å²) in [7, 11) is 0. The van der Waals surface area contributed by atoms with Gasteiger partial charge in [0.15, 0.2) is 0 Å². The van der Waals surface area contributed by atoms with E-state index in [1.165, 1.54) is 11.3 Å². The molecule has 1 heterocycles. The minimum Gasteiger partial charge on any atom is -0.348 e. The van der Waals surface area contributed by atoms with Gasteiger partial charge >= 0.3 is 0 Å². The van der Waals surface area contributed by atoms with Crippen molar-refractivity contribution in [2.24, 2.45) is 11.7 Å². The number of thiophene rings is 1. The Balaban J connectivity index is 1.97. The SMILES string of the molecule is Cc1ccc(C(=O)NC2CCCC2CN)s1. The Labute approximate surface area is 100 Å². The van der Waals surface area contributed by atoms with Crippen LogP contribution in [-0.4, -0.2) is 18.5 Å². The highest BCUT2D eigenvalue weighted by Crippen LogP contribution is 2.25. The second kappa shape index (κ2) is 4.97. The molecule has 1 aromatic rings. The second-order valence-corrected chi connectivity index (χ2v) is 5.70. The molecule has 0 aliphatic heterocycles. The van der Waals surface area contributed by atoms with Gasteiger partial charge in [0.05, 0.1) is 4.88 Å². The fourth-order valence-electron chi connectivity index (χ4n) is 2.31. The molecule has 0 spiro atoms. The highest BCUT2D eigenvalue weighted by Gasteiger charge is 2.27. The molecule has 16 heavy (non-hydrogen) atoms. The van der Waals surface area contributed by atoms with Gasteiger partial charge in [0.25, 0.3) is 5.91 Å². The molecule has 88 valence electrons. The minimum atomic E-state index is 0.0587. The van der Waals surface area contributed by atoms with Crippen molar-refractivity contribution >= 4 is 17.2 Å². The summed E-state index contributed by atoms with van der Waals surface area (Å²) in [4.78, 5) is 13.9. The minimum absolute atomic E-state index is 0.0587. The van der Waals surface area contributed by atoms with Gasteiger partial charge in [-0.25, -0.2) is 0 Å². The molecule has 2 atom stereocenters. The largest absolute Gasteiger partial charge is 0.348 e. The van der Waals surface area contributed by atoms with Crippen LogP contribution in [0.4, 0.5) is 0 Å². The van der Waals surface area contributed by atoms with Crippen molar-refractivity contribution in [3.8, 4) is 0 Å². The van der Waals surface area contributed by atoms with E-state index in [4.69, 9.17) is 5.73 Å². The summed E-state index contributed by atoms with van der Waals surface area (Å²) < 4.78 is 0. The maximum Gasteiger partial charge on any atom is 0.261 e. The smallest absolute Gasteiger partial charge is 0.261 e. The number of nitrogens with two attached hydrogens (primary N) is 1. The van der Waals surface area contributed by atoms with Crippen LogP contribution in [0.25, 0.3) is 0 Å². The number of rotatable bonds is 3. The van der Waals surface area contributed by atoms with Crippen molar-refractivity contribution in [3.63, 3.8) is 0 Å². The molecular formula is C12H18N2OS. The van der Waals surface area contributed by atoms with Crippen LogP contribution in [-0.2, 0) is 0 Å². The van der Waals surface area contributed by atoms with Crippen LogP contribution >= 0.6 is 11.3 Å². The van der Waals surface area contributed by atoms with Crippen LogP contribution in [0.1, 0.15) is 33.8 Å². The third kappa shape index (κ3) is 2.44. The normalized spacial score (nSPS) is 24.6. The number of nitrogens with one attached hydrogen (secondary N) is 1. The Kier molecular flexibility index (Phi) is 3.61. The summed E-state index contributed by atoms with van der Waals surface area (Å²) in [5, 5.41) is 3.10. The third-order valence-corrected chi connectivity index (χ3v) is 4.24. The average Bonchev–Trinajstić information content (AvgIpc) is 2.86. The molecule has 0 saturated heterocycles. The summed E-state index contributed by atoms with van der Waals surface area (Å²) >= 11 is 1.54. The molecule has 1 fully saturated rings. The van der Waals surface area contributed by atoms with Gasteiger partial charge in [-0.3, -0.25) is 4.79 Å². The van der Waals surface area contributed by atoms with Gasteiger partial charge in [0.2, 0.25) is 0 Å². The zero-order valence-electron chi connectivity index (χ0n) is 9.53. The molecule has 1 saturated carbocycles. The molecule has 4 heteroatoms. The lowest BCUT2D eigenvalue weighted by Gasteiger charge is -2.18. The summed E-state index contributed by atoms with van der Waals surface area (Å²) in [5.41, 5.74) is 5.69. The molecule has 0 aromatic carbocycles. The van der Waals surface area contributed by atoms with Crippen LogP contribution in [0.5, 0.6) is 0 Å². The maximum atomic E-state index is 11.9. The number of aryl methyl sites for hydroxylation is 1. The van der Waals surface area contributed by atoms with Crippen LogP contribution in [0.2, 0.25) is 0 Å². The van der Waals surface area contributed by atoms with Crippen LogP contribution in [0.3, 0.4) is 0 Å². The quantitative estimate of drug-likeness (QED) is 0.845. The van der Waals surface area contributed by atoms with Gasteiger partial charge < -0.3 is 11.1 Å². The number of amides is 1. The van der Waals surface area contributed by atoms with E-state index in [1.54, 1.807) is 11.3 Å². The maximum absolute atomic E-state index is 11.9. The Bertz CT molecular complexity index is 375. The molecule has 1 aliphatic carbocycles. The van der Waals surface area contributed by atoms with E-state index in [0.717, 1.165) is 17.7 Å². The predicted molar refractivity (Wildman–Crippen MR) is 66.7 cm³/mol. The Morgan fingerprint density at radius 2 is 2.38 bits per heavy atom. The van der Waals surface area contributed by atoms with E-state index >= 15 is 0 Å². The number of hydrogen-bond acceptors (Lipinski definition) is 3. The number of carbonyl (C=O) groups is 1. The Morgan fingerprint density at radius 3 is 3.00 bits per heavy atom. The van der Waals surface area contributed by atoms with Crippen LogP contribution in [0.15, 0.2) is 12.1 Å². The topological polar surface area (TPSA) is 55.1 Å². The third-order valence-electron chi connectivity index (χ3n) is 3.24. The van der Waals surface area contributed by atoms with Crippen molar-refractivity contribution in [2.75, 3.05) is 6.54 Å². The summed E-state index contributed by atoms with van der Waals surface area (Å²) in [6.07, 6.45) is 3.39. The summed E-state index contributed by atoms with van der Waals surface area (Å²) in [6.45, 7) is 2.69. The summed E-state index contributed by atoms with van der Waals surface area (Å²) in [6, 6.07) is 4.15. The highest BCUT2D eigenvalue weighted by molar-refractivity contribution is 7.13. The van der Waals surface area contributed by atoms with E-state index in [0.29, 0.717) is 12.5 Å². The fraction of sp³-hybridized carbons (Fsp3) is 0.583. The highest BCUT2D eigenvalue weighted by atomic mass is 32.1. The second-order valence-electron chi connectivity index (χ2n) is 4.42. The lowest BCUT2D eigenvalue weighted by Crippen LogP contribution is -2.39.